The largest absolute Gasteiger partial charge is 0.394 e. The SMILES string of the molecule is CCC(=O)N(CCOCCO)CC(C)(C)CN(C)CC. The normalized spacial score (nSPS) is 11.9. The second kappa shape index (κ2) is 10.1. The zero-order chi connectivity index (χ0) is 15.6. The van der Waals surface area contributed by atoms with Crippen LogP contribution in [-0.2, 0) is 9.53 Å². The van der Waals surface area contributed by atoms with Crippen LogP contribution in [0.2, 0.25) is 0 Å². The van der Waals surface area contributed by atoms with Gasteiger partial charge in [-0.3, -0.25) is 4.79 Å². The highest BCUT2D eigenvalue weighted by Crippen LogP contribution is 2.19. The molecule has 0 saturated carbocycles. The van der Waals surface area contributed by atoms with Crippen molar-refractivity contribution < 1.29 is 14.6 Å². The molecule has 0 bridgehead atoms. The van der Waals surface area contributed by atoms with Crippen molar-refractivity contribution in [1.82, 2.24) is 9.80 Å². The van der Waals surface area contributed by atoms with E-state index in [1.54, 1.807) is 0 Å². The second-order valence-corrected chi connectivity index (χ2v) is 6.00. The van der Waals surface area contributed by atoms with Crippen LogP contribution >= 0.6 is 0 Å². The predicted octanol–water partition coefficient (Wildman–Crippen LogP) is 1.21. The van der Waals surface area contributed by atoms with Crippen molar-refractivity contribution in [3.05, 3.63) is 0 Å². The number of aliphatic hydroxyl groups excluding tert-OH is 1. The molecule has 0 radical (unpaired) electrons. The lowest BCUT2D eigenvalue weighted by Crippen LogP contribution is -2.44. The Balaban J connectivity index is 4.43. The molecule has 5 nitrogen and oxygen atoms in total. The highest BCUT2D eigenvalue weighted by atomic mass is 16.5. The Morgan fingerprint density at radius 2 is 1.85 bits per heavy atom. The third-order valence-corrected chi connectivity index (χ3v) is 3.25. The summed E-state index contributed by atoms with van der Waals surface area (Å²) < 4.78 is 5.27. The number of aliphatic hydroxyl groups is 1. The van der Waals surface area contributed by atoms with Crippen molar-refractivity contribution in [2.45, 2.75) is 34.1 Å². The van der Waals surface area contributed by atoms with E-state index >= 15 is 0 Å². The first kappa shape index (κ1) is 19.4. The summed E-state index contributed by atoms with van der Waals surface area (Å²) in [6, 6.07) is 0. The van der Waals surface area contributed by atoms with Gasteiger partial charge in [0.25, 0.3) is 0 Å². The number of carbonyl (C=O) groups excluding carboxylic acids is 1. The number of amides is 1. The average Bonchev–Trinajstić information content (AvgIpc) is 2.40. The predicted molar refractivity (Wildman–Crippen MR) is 81.7 cm³/mol. The molecule has 0 aromatic carbocycles. The molecule has 0 atom stereocenters. The molecule has 0 saturated heterocycles. The van der Waals surface area contributed by atoms with Gasteiger partial charge in [0.15, 0.2) is 0 Å². The molecule has 0 aliphatic carbocycles. The molecule has 0 aliphatic heterocycles. The molecule has 120 valence electrons. The van der Waals surface area contributed by atoms with E-state index in [1.165, 1.54) is 0 Å². The van der Waals surface area contributed by atoms with E-state index in [0.29, 0.717) is 26.2 Å². The van der Waals surface area contributed by atoms with Crippen molar-refractivity contribution in [2.24, 2.45) is 5.41 Å². The number of ether oxygens (including phenoxy) is 1. The second-order valence-electron chi connectivity index (χ2n) is 6.00. The minimum atomic E-state index is 0.0223. The van der Waals surface area contributed by atoms with E-state index in [1.807, 2.05) is 11.8 Å². The maximum Gasteiger partial charge on any atom is 0.222 e. The lowest BCUT2D eigenvalue weighted by Gasteiger charge is -2.35. The van der Waals surface area contributed by atoms with Crippen molar-refractivity contribution in [3.63, 3.8) is 0 Å². The van der Waals surface area contributed by atoms with Gasteiger partial charge in [-0.1, -0.05) is 27.7 Å². The minimum absolute atomic E-state index is 0.0223. The summed E-state index contributed by atoms with van der Waals surface area (Å²) in [4.78, 5) is 16.2. The monoisotopic (exact) mass is 288 g/mol. The summed E-state index contributed by atoms with van der Waals surface area (Å²) >= 11 is 0. The van der Waals surface area contributed by atoms with Crippen LogP contribution in [-0.4, -0.2) is 73.9 Å². The van der Waals surface area contributed by atoms with Crippen molar-refractivity contribution in [2.75, 3.05) is 53.0 Å². The quantitative estimate of drug-likeness (QED) is 0.581. The number of carbonyl (C=O) groups is 1. The van der Waals surface area contributed by atoms with Gasteiger partial charge in [0.2, 0.25) is 5.91 Å². The molecule has 1 N–H and O–H groups in total. The van der Waals surface area contributed by atoms with E-state index in [2.05, 4.69) is 32.7 Å². The molecule has 0 aliphatic rings. The molecule has 0 fully saturated rings. The molecule has 0 rings (SSSR count). The Morgan fingerprint density at radius 3 is 2.35 bits per heavy atom. The van der Waals surface area contributed by atoms with E-state index < -0.39 is 0 Å². The van der Waals surface area contributed by atoms with Crippen LogP contribution in [0.5, 0.6) is 0 Å². The fraction of sp³-hybridized carbons (Fsp3) is 0.933. The maximum absolute atomic E-state index is 12.0. The first-order chi connectivity index (χ1) is 9.36. The van der Waals surface area contributed by atoms with Crippen LogP contribution in [0.4, 0.5) is 0 Å². The molecule has 0 aromatic rings. The van der Waals surface area contributed by atoms with Crippen LogP contribution in [0.1, 0.15) is 34.1 Å². The van der Waals surface area contributed by atoms with Crippen LogP contribution in [0.25, 0.3) is 0 Å². The highest BCUT2D eigenvalue weighted by molar-refractivity contribution is 5.75. The fourth-order valence-electron chi connectivity index (χ4n) is 2.27. The standard InChI is InChI=1S/C15H32N2O3/c1-6-14(19)17(8-10-20-11-9-18)13-15(3,4)12-16(5)7-2/h18H,6-13H2,1-5H3. The molecular weight excluding hydrogens is 256 g/mol. The molecule has 0 aromatic heterocycles. The van der Waals surface area contributed by atoms with Crippen molar-refractivity contribution >= 4 is 5.91 Å². The first-order valence-electron chi connectivity index (χ1n) is 7.51. The third kappa shape index (κ3) is 8.51. The van der Waals surface area contributed by atoms with Gasteiger partial charge >= 0.3 is 0 Å². The molecule has 1 amide bonds. The molecule has 0 spiro atoms. The zero-order valence-corrected chi connectivity index (χ0v) is 13.8. The van der Waals surface area contributed by atoms with Gasteiger partial charge in [-0.15, -0.1) is 0 Å². The smallest absolute Gasteiger partial charge is 0.222 e. The van der Waals surface area contributed by atoms with Gasteiger partial charge in [-0.25, -0.2) is 0 Å². The van der Waals surface area contributed by atoms with E-state index in [9.17, 15) is 4.79 Å². The highest BCUT2D eigenvalue weighted by Gasteiger charge is 2.25. The number of hydrogen-bond donors (Lipinski definition) is 1. The topological polar surface area (TPSA) is 53.0 Å². The Labute approximate surface area is 123 Å². The number of nitrogens with zero attached hydrogens (tertiary/aromatic N) is 2. The van der Waals surface area contributed by atoms with Crippen LogP contribution in [0.3, 0.4) is 0 Å². The molecular formula is C15H32N2O3. The Bertz CT molecular complexity index is 270. The van der Waals surface area contributed by atoms with Gasteiger partial charge in [0.05, 0.1) is 19.8 Å². The van der Waals surface area contributed by atoms with Gasteiger partial charge in [0, 0.05) is 26.1 Å². The number of hydrogen-bond acceptors (Lipinski definition) is 4. The van der Waals surface area contributed by atoms with Gasteiger partial charge < -0.3 is 19.6 Å². The van der Waals surface area contributed by atoms with Crippen molar-refractivity contribution in [3.8, 4) is 0 Å². The van der Waals surface area contributed by atoms with Gasteiger partial charge in [-0.2, -0.15) is 0 Å². The maximum atomic E-state index is 12.0. The van der Waals surface area contributed by atoms with Gasteiger partial charge in [-0.05, 0) is 19.0 Å². The lowest BCUT2D eigenvalue weighted by molar-refractivity contribution is -0.133. The Morgan fingerprint density at radius 1 is 1.20 bits per heavy atom. The summed E-state index contributed by atoms with van der Waals surface area (Å²) in [7, 11) is 2.10. The zero-order valence-electron chi connectivity index (χ0n) is 13.8. The van der Waals surface area contributed by atoms with Crippen LogP contribution in [0, 0.1) is 5.41 Å². The summed E-state index contributed by atoms with van der Waals surface area (Å²) in [6.45, 7) is 12.5. The minimum Gasteiger partial charge on any atom is -0.394 e. The summed E-state index contributed by atoms with van der Waals surface area (Å²) in [5.74, 6) is 0.157. The fourth-order valence-corrected chi connectivity index (χ4v) is 2.27. The van der Waals surface area contributed by atoms with Crippen LogP contribution < -0.4 is 0 Å². The Kier molecular flexibility index (Phi) is 9.80. The molecule has 0 heterocycles. The van der Waals surface area contributed by atoms with Crippen LogP contribution in [0.15, 0.2) is 0 Å². The lowest BCUT2D eigenvalue weighted by atomic mass is 9.92. The average molecular weight is 288 g/mol. The molecule has 20 heavy (non-hydrogen) atoms. The summed E-state index contributed by atoms with van der Waals surface area (Å²) in [6.07, 6.45) is 0.514. The van der Waals surface area contributed by atoms with Crippen molar-refractivity contribution in [1.29, 1.82) is 0 Å². The Hall–Kier alpha value is -0.650. The third-order valence-electron chi connectivity index (χ3n) is 3.25. The molecule has 0 unspecified atom stereocenters. The van der Waals surface area contributed by atoms with Gasteiger partial charge in [0.1, 0.15) is 0 Å². The van der Waals surface area contributed by atoms with E-state index in [4.69, 9.17) is 9.84 Å². The van der Waals surface area contributed by atoms with E-state index in [-0.39, 0.29) is 17.9 Å². The summed E-state index contributed by atoms with van der Waals surface area (Å²) in [5.41, 5.74) is 0.0482. The first-order valence-corrected chi connectivity index (χ1v) is 7.51. The number of rotatable bonds is 11. The van der Waals surface area contributed by atoms with E-state index in [0.717, 1.165) is 19.6 Å². The summed E-state index contributed by atoms with van der Waals surface area (Å²) in [5, 5.41) is 8.69. The molecule has 5 heteroatoms.